The molecule has 0 spiro atoms. The average Bonchev–Trinajstić information content (AvgIpc) is 2.60. The third kappa shape index (κ3) is 6.20. The first-order valence-electron chi connectivity index (χ1n) is 8.56. The van der Waals surface area contributed by atoms with Crippen LogP contribution in [-0.4, -0.2) is 24.7 Å². The molecule has 1 N–H and O–H groups in total. The smallest absolute Gasteiger partial charge is 0.256 e. The highest BCUT2D eigenvalue weighted by molar-refractivity contribution is 5.32. The quantitative estimate of drug-likeness (QED) is 0.714. The van der Waals surface area contributed by atoms with E-state index in [1.165, 1.54) is 5.56 Å². The largest absolute Gasteiger partial charge is 0.488 e. The summed E-state index contributed by atoms with van der Waals surface area (Å²) in [6.07, 6.45) is 2.69. The fourth-order valence-corrected chi connectivity index (χ4v) is 2.26. The number of ether oxygens (including phenoxy) is 2. The fourth-order valence-electron chi connectivity index (χ4n) is 2.26. The first-order valence-corrected chi connectivity index (χ1v) is 8.56. The van der Waals surface area contributed by atoms with Crippen LogP contribution in [0.15, 0.2) is 48.7 Å². The van der Waals surface area contributed by atoms with E-state index in [4.69, 9.17) is 9.47 Å². The second-order valence-corrected chi connectivity index (χ2v) is 6.70. The van der Waals surface area contributed by atoms with Crippen LogP contribution in [0.2, 0.25) is 0 Å². The summed E-state index contributed by atoms with van der Waals surface area (Å²) >= 11 is 0. The third-order valence-corrected chi connectivity index (χ3v) is 3.57. The highest BCUT2D eigenvalue weighted by Gasteiger charge is 2.20. The molecule has 130 valence electrons. The van der Waals surface area contributed by atoms with E-state index in [-0.39, 0.29) is 5.41 Å². The zero-order valence-corrected chi connectivity index (χ0v) is 14.9. The molecule has 1 aromatic heterocycles. The minimum atomic E-state index is -0.00563. The molecule has 1 heterocycles. The van der Waals surface area contributed by atoms with Crippen LogP contribution in [0.3, 0.4) is 0 Å². The minimum Gasteiger partial charge on any atom is -0.488 e. The summed E-state index contributed by atoms with van der Waals surface area (Å²) in [6.45, 7) is 9.41. The molecule has 0 amide bonds. The van der Waals surface area contributed by atoms with E-state index in [1.54, 1.807) is 6.20 Å². The summed E-state index contributed by atoms with van der Waals surface area (Å²) < 4.78 is 11.6. The SMILES string of the molecule is CCCOc1cccnc1OCC(C)(C)CNCc1ccccc1. The van der Waals surface area contributed by atoms with Gasteiger partial charge in [-0.2, -0.15) is 0 Å². The van der Waals surface area contributed by atoms with Gasteiger partial charge in [0, 0.05) is 24.7 Å². The van der Waals surface area contributed by atoms with E-state index in [9.17, 15) is 0 Å². The Morgan fingerprint density at radius 3 is 2.58 bits per heavy atom. The number of nitrogens with one attached hydrogen (secondary N) is 1. The first kappa shape index (κ1) is 18.3. The van der Waals surface area contributed by atoms with Crippen molar-refractivity contribution in [1.29, 1.82) is 0 Å². The van der Waals surface area contributed by atoms with Gasteiger partial charge in [0.05, 0.1) is 13.2 Å². The maximum Gasteiger partial charge on any atom is 0.256 e. The maximum absolute atomic E-state index is 5.93. The van der Waals surface area contributed by atoms with E-state index in [0.717, 1.165) is 19.5 Å². The number of nitrogens with zero attached hydrogens (tertiary/aromatic N) is 1. The lowest BCUT2D eigenvalue weighted by atomic mass is 9.95. The van der Waals surface area contributed by atoms with Crippen molar-refractivity contribution in [1.82, 2.24) is 10.3 Å². The lowest BCUT2D eigenvalue weighted by Crippen LogP contribution is -2.34. The molecule has 1 aromatic carbocycles. The van der Waals surface area contributed by atoms with Crippen molar-refractivity contribution in [2.75, 3.05) is 19.8 Å². The zero-order chi connectivity index (χ0) is 17.3. The van der Waals surface area contributed by atoms with Gasteiger partial charge in [0.25, 0.3) is 5.88 Å². The van der Waals surface area contributed by atoms with Gasteiger partial charge in [-0.3, -0.25) is 0 Å². The molecule has 2 aromatic rings. The maximum atomic E-state index is 5.93. The Bertz CT molecular complexity index is 600. The Labute approximate surface area is 145 Å². The minimum absolute atomic E-state index is 0.00563. The lowest BCUT2D eigenvalue weighted by Gasteiger charge is -2.25. The highest BCUT2D eigenvalue weighted by atomic mass is 16.5. The summed E-state index contributed by atoms with van der Waals surface area (Å²) in [4.78, 5) is 4.29. The molecule has 0 bridgehead atoms. The van der Waals surface area contributed by atoms with Crippen LogP contribution in [0.1, 0.15) is 32.8 Å². The second kappa shape index (κ2) is 9.28. The first-order chi connectivity index (χ1) is 11.6. The van der Waals surface area contributed by atoms with Crippen LogP contribution in [0.4, 0.5) is 0 Å². The summed E-state index contributed by atoms with van der Waals surface area (Å²) in [5, 5.41) is 3.50. The zero-order valence-electron chi connectivity index (χ0n) is 14.9. The molecule has 24 heavy (non-hydrogen) atoms. The van der Waals surface area contributed by atoms with Crippen LogP contribution in [0, 0.1) is 5.41 Å². The second-order valence-electron chi connectivity index (χ2n) is 6.70. The van der Waals surface area contributed by atoms with Crippen LogP contribution < -0.4 is 14.8 Å². The van der Waals surface area contributed by atoms with Crippen LogP contribution in [-0.2, 0) is 6.54 Å². The van der Waals surface area contributed by atoms with Crippen LogP contribution >= 0.6 is 0 Å². The Kier molecular flexibility index (Phi) is 7.07. The van der Waals surface area contributed by atoms with Gasteiger partial charge in [0.15, 0.2) is 5.75 Å². The molecule has 4 nitrogen and oxygen atoms in total. The predicted molar refractivity (Wildman–Crippen MR) is 97.4 cm³/mol. The molecule has 0 saturated heterocycles. The van der Waals surface area contributed by atoms with Crippen molar-refractivity contribution >= 4 is 0 Å². The number of hydrogen-bond acceptors (Lipinski definition) is 4. The molecule has 0 fully saturated rings. The fraction of sp³-hybridized carbons (Fsp3) is 0.450. The van der Waals surface area contributed by atoms with Crippen molar-refractivity contribution < 1.29 is 9.47 Å². The van der Waals surface area contributed by atoms with Gasteiger partial charge in [-0.05, 0) is 24.1 Å². The number of benzene rings is 1. The molecule has 0 unspecified atom stereocenters. The molecule has 0 radical (unpaired) electrons. The molecule has 0 atom stereocenters. The topological polar surface area (TPSA) is 43.4 Å². The number of aromatic nitrogens is 1. The van der Waals surface area contributed by atoms with Gasteiger partial charge in [-0.15, -0.1) is 0 Å². The van der Waals surface area contributed by atoms with E-state index in [2.05, 4.69) is 55.3 Å². The molecular weight excluding hydrogens is 300 g/mol. The van der Waals surface area contributed by atoms with Gasteiger partial charge in [-0.1, -0.05) is 51.1 Å². The summed E-state index contributed by atoms with van der Waals surface area (Å²) in [5.41, 5.74) is 1.28. The normalized spacial score (nSPS) is 11.3. The summed E-state index contributed by atoms with van der Waals surface area (Å²) in [6, 6.07) is 14.2. The third-order valence-electron chi connectivity index (χ3n) is 3.57. The van der Waals surface area contributed by atoms with E-state index < -0.39 is 0 Å². The molecule has 2 rings (SSSR count). The van der Waals surface area contributed by atoms with Gasteiger partial charge in [0.1, 0.15) is 0 Å². The van der Waals surface area contributed by atoms with Gasteiger partial charge < -0.3 is 14.8 Å². The van der Waals surface area contributed by atoms with Crippen molar-refractivity contribution in [3.8, 4) is 11.6 Å². The van der Waals surface area contributed by atoms with E-state index in [0.29, 0.717) is 24.8 Å². The molecule has 0 saturated carbocycles. The molecule has 0 aliphatic rings. The van der Waals surface area contributed by atoms with Gasteiger partial charge in [-0.25, -0.2) is 4.98 Å². The number of pyridine rings is 1. The Morgan fingerprint density at radius 2 is 1.83 bits per heavy atom. The van der Waals surface area contributed by atoms with E-state index >= 15 is 0 Å². The number of rotatable bonds is 10. The van der Waals surface area contributed by atoms with Crippen molar-refractivity contribution in [2.24, 2.45) is 5.41 Å². The van der Waals surface area contributed by atoms with Gasteiger partial charge in [0.2, 0.25) is 0 Å². The Balaban J connectivity index is 1.81. The van der Waals surface area contributed by atoms with Crippen molar-refractivity contribution in [2.45, 2.75) is 33.7 Å². The summed E-state index contributed by atoms with van der Waals surface area (Å²) in [7, 11) is 0. The standard InChI is InChI=1S/C20H28N2O2/c1-4-13-23-18-11-8-12-22-19(18)24-16-20(2,3)15-21-14-17-9-6-5-7-10-17/h5-12,21H,4,13-16H2,1-3H3. The molecule has 0 aliphatic carbocycles. The number of hydrogen-bond donors (Lipinski definition) is 1. The molecule has 0 aliphatic heterocycles. The van der Waals surface area contributed by atoms with Crippen molar-refractivity contribution in [3.05, 3.63) is 54.2 Å². The lowest BCUT2D eigenvalue weighted by molar-refractivity contribution is 0.162. The average molecular weight is 328 g/mol. The Morgan fingerprint density at radius 1 is 1.04 bits per heavy atom. The summed E-state index contributed by atoms with van der Waals surface area (Å²) in [5.74, 6) is 1.29. The van der Waals surface area contributed by atoms with Gasteiger partial charge >= 0.3 is 0 Å². The Hall–Kier alpha value is -2.07. The monoisotopic (exact) mass is 328 g/mol. The predicted octanol–water partition coefficient (Wildman–Crippen LogP) is 4.07. The van der Waals surface area contributed by atoms with Crippen LogP contribution in [0.5, 0.6) is 11.6 Å². The van der Waals surface area contributed by atoms with E-state index in [1.807, 2.05) is 18.2 Å². The molecule has 4 heteroatoms. The highest BCUT2D eigenvalue weighted by Crippen LogP contribution is 2.26. The van der Waals surface area contributed by atoms with Crippen molar-refractivity contribution in [3.63, 3.8) is 0 Å². The molecular formula is C20H28N2O2. The van der Waals surface area contributed by atoms with Crippen LogP contribution in [0.25, 0.3) is 0 Å².